The van der Waals surface area contributed by atoms with Crippen molar-refractivity contribution < 1.29 is 23.0 Å². The van der Waals surface area contributed by atoms with Crippen LogP contribution in [0.5, 0.6) is 23.5 Å². The van der Waals surface area contributed by atoms with E-state index in [0.29, 0.717) is 36.6 Å². The van der Waals surface area contributed by atoms with E-state index in [2.05, 4.69) is 9.97 Å². The third kappa shape index (κ3) is 5.15. The predicted molar refractivity (Wildman–Crippen MR) is 131 cm³/mol. The normalized spacial score (nSPS) is 12.8. The predicted octanol–water partition coefficient (Wildman–Crippen LogP) is 6.46. The number of benzene rings is 2. The Balaban J connectivity index is 1.54. The topological polar surface area (TPSA) is 71.2 Å². The molecule has 0 saturated heterocycles. The van der Waals surface area contributed by atoms with E-state index >= 15 is 0 Å². The first kappa shape index (κ1) is 25.1. The molecule has 0 aliphatic rings. The van der Waals surface area contributed by atoms with Crippen LogP contribution in [-0.2, 0) is 17.9 Å². The minimum Gasteiger partial charge on any atom is -0.426 e. The summed E-state index contributed by atoms with van der Waals surface area (Å²) < 4.78 is 41.8. The molecule has 4 aromatic rings. The molecule has 2 atom stereocenters. The number of ether oxygens (including phenoxy) is 2. The fourth-order valence-corrected chi connectivity index (χ4v) is 4.11. The van der Waals surface area contributed by atoms with Crippen molar-refractivity contribution in [3.8, 4) is 23.5 Å². The first-order chi connectivity index (χ1) is 17.3. The summed E-state index contributed by atoms with van der Waals surface area (Å²) in [5, 5.41) is 0. The largest absolute Gasteiger partial charge is 0.426 e. The minimum absolute atomic E-state index is 0.0131. The van der Waals surface area contributed by atoms with E-state index < -0.39 is 11.8 Å². The monoisotopic (exact) mass is 494 g/mol. The van der Waals surface area contributed by atoms with Gasteiger partial charge in [-0.05, 0) is 76.2 Å². The Hall–Kier alpha value is -4.01. The molecule has 0 aliphatic carbocycles. The highest BCUT2D eigenvalue weighted by molar-refractivity contribution is 5.90. The van der Waals surface area contributed by atoms with Crippen molar-refractivity contribution in [2.75, 3.05) is 0 Å². The highest BCUT2D eigenvalue weighted by Crippen LogP contribution is 2.32. The summed E-state index contributed by atoms with van der Waals surface area (Å²) in [6, 6.07) is 12.0. The highest BCUT2D eigenvalue weighted by Gasteiger charge is 2.29. The first-order valence-electron chi connectivity index (χ1n) is 11.8. The lowest BCUT2D eigenvalue weighted by Gasteiger charge is -2.19. The lowest BCUT2D eigenvalue weighted by molar-refractivity contribution is -0.121. The van der Waals surface area contributed by atoms with Gasteiger partial charge in [0.1, 0.15) is 28.9 Å². The number of hydrogen-bond acceptors (Lipinski definition) is 5. The van der Waals surface area contributed by atoms with E-state index in [1.54, 1.807) is 12.4 Å². The number of hydrogen-bond donors (Lipinski definition) is 0. The molecule has 188 valence electrons. The van der Waals surface area contributed by atoms with Crippen molar-refractivity contribution in [2.45, 2.75) is 52.6 Å². The van der Waals surface area contributed by atoms with Gasteiger partial charge in [0.2, 0.25) is 0 Å². The average molecular weight is 495 g/mol. The van der Waals surface area contributed by atoms with Gasteiger partial charge in [-0.2, -0.15) is 0 Å². The summed E-state index contributed by atoms with van der Waals surface area (Å²) in [6.07, 6.45) is 3.27. The molecule has 0 saturated carbocycles. The van der Waals surface area contributed by atoms with Crippen LogP contribution in [0.2, 0.25) is 0 Å². The molecule has 7 nitrogen and oxygen atoms in total. The summed E-state index contributed by atoms with van der Waals surface area (Å²) in [5.41, 5.74) is 1.44. The van der Waals surface area contributed by atoms with Gasteiger partial charge in [0.05, 0.1) is 35.6 Å². The Morgan fingerprint density at radius 3 is 1.44 bits per heavy atom. The lowest BCUT2D eigenvalue weighted by Crippen LogP contribution is -2.21. The molecule has 0 aliphatic heterocycles. The summed E-state index contributed by atoms with van der Waals surface area (Å²) >= 11 is 0. The molecule has 2 unspecified atom stereocenters. The number of rotatable bonds is 10. The zero-order chi connectivity index (χ0) is 25.8. The summed E-state index contributed by atoms with van der Waals surface area (Å²) in [5.74, 6) is -0.757. The molecule has 0 radical (unpaired) electrons. The highest BCUT2D eigenvalue weighted by atomic mass is 19.1. The van der Waals surface area contributed by atoms with Gasteiger partial charge in [0.15, 0.2) is 0 Å². The van der Waals surface area contributed by atoms with E-state index in [0.717, 1.165) is 11.4 Å². The van der Waals surface area contributed by atoms with Gasteiger partial charge in [-0.25, -0.2) is 18.7 Å². The van der Waals surface area contributed by atoms with Crippen molar-refractivity contribution in [3.63, 3.8) is 0 Å². The molecular weight excluding hydrogens is 466 g/mol. The summed E-state index contributed by atoms with van der Waals surface area (Å²) in [4.78, 5) is 22.3. The number of nitrogens with zero attached hydrogens (tertiary/aromatic N) is 4. The minimum atomic E-state index is -0.473. The van der Waals surface area contributed by atoms with Crippen LogP contribution in [0.4, 0.5) is 8.78 Å². The first-order valence-corrected chi connectivity index (χ1v) is 11.8. The second-order valence-corrected chi connectivity index (χ2v) is 8.38. The van der Waals surface area contributed by atoms with Crippen LogP contribution in [-0.4, -0.2) is 24.9 Å². The molecule has 0 amide bonds. The number of Topliss-reactive ketones (excluding diaryl/α,β-unsaturated/α-hetero) is 1. The van der Waals surface area contributed by atoms with Crippen LogP contribution in [0.3, 0.4) is 0 Å². The van der Waals surface area contributed by atoms with E-state index in [1.807, 2.05) is 36.8 Å². The third-order valence-electron chi connectivity index (χ3n) is 6.12. The van der Waals surface area contributed by atoms with Crippen LogP contribution in [0.25, 0.3) is 0 Å². The van der Waals surface area contributed by atoms with Gasteiger partial charge in [0, 0.05) is 13.1 Å². The van der Waals surface area contributed by atoms with Crippen molar-refractivity contribution in [1.29, 1.82) is 0 Å². The Morgan fingerprint density at radius 2 is 1.11 bits per heavy atom. The lowest BCUT2D eigenvalue weighted by atomic mass is 9.91. The zero-order valence-electron chi connectivity index (χ0n) is 20.6. The van der Waals surface area contributed by atoms with Gasteiger partial charge in [-0.3, -0.25) is 13.9 Å². The van der Waals surface area contributed by atoms with Crippen molar-refractivity contribution in [2.24, 2.45) is 0 Å². The van der Waals surface area contributed by atoms with Crippen LogP contribution in [0, 0.1) is 11.6 Å². The second-order valence-electron chi connectivity index (χ2n) is 8.38. The maximum atomic E-state index is 13.5. The summed E-state index contributed by atoms with van der Waals surface area (Å²) in [6.45, 7) is 8.64. The van der Waals surface area contributed by atoms with Crippen LogP contribution in [0.15, 0.2) is 60.9 Å². The number of carbonyl (C=O) groups is 1. The molecule has 0 bridgehead atoms. The molecule has 0 N–H and O–H groups in total. The van der Waals surface area contributed by atoms with Crippen molar-refractivity contribution in [3.05, 3.63) is 83.9 Å². The Bertz CT molecular complexity index is 1230. The smallest absolute Gasteiger partial charge is 0.302 e. The van der Waals surface area contributed by atoms with Crippen LogP contribution in [0.1, 0.15) is 50.9 Å². The molecule has 0 spiro atoms. The van der Waals surface area contributed by atoms with Gasteiger partial charge in [-0.1, -0.05) is 0 Å². The van der Waals surface area contributed by atoms with Gasteiger partial charge >= 0.3 is 12.0 Å². The summed E-state index contributed by atoms with van der Waals surface area (Å²) in [7, 11) is 0. The second kappa shape index (κ2) is 10.7. The Kier molecular flexibility index (Phi) is 7.47. The average Bonchev–Trinajstić information content (AvgIpc) is 3.48. The molecule has 9 heteroatoms. The molecule has 2 aromatic carbocycles. The van der Waals surface area contributed by atoms with Crippen molar-refractivity contribution in [1.82, 2.24) is 19.1 Å². The molecule has 2 heterocycles. The molecule has 4 rings (SSSR count). The van der Waals surface area contributed by atoms with Gasteiger partial charge in [0.25, 0.3) is 0 Å². The van der Waals surface area contributed by atoms with E-state index in [-0.39, 0.29) is 17.4 Å². The molecule has 2 aromatic heterocycles. The third-order valence-corrected chi connectivity index (χ3v) is 6.12. The van der Waals surface area contributed by atoms with Crippen LogP contribution >= 0.6 is 0 Å². The fraction of sp³-hybridized carbons (Fsp3) is 0.296. The quantitative estimate of drug-likeness (QED) is 0.253. The maximum Gasteiger partial charge on any atom is 0.302 e. The Morgan fingerprint density at radius 1 is 0.750 bits per heavy atom. The Labute approximate surface area is 208 Å². The number of imidazole rings is 2. The van der Waals surface area contributed by atoms with Crippen LogP contribution < -0.4 is 9.47 Å². The molecule has 36 heavy (non-hydrogen) atoms. The number of halogens is 2. The van der Waals surface area contributed by atoms with Gasteiger partial charge in [-0.15, -0.1) is 0 Å². The molecular formula is C27H28F2N4O3. The van der Waals surface area contributed by atoms with Crippen molar-refractivity contribution >= 4 is 5.78 Å². The van der Waals surface area contributed by atoms with E-state index in [4.69, 9.17) is 9.47 Å². The van der Waals surface area contributed by atoms with E-state index in [1.165, 1.54) is 48.5 Å². The molecule has 0 fully saturated rings. The standard InChI is InChI=1S/C27H28F2N4O3/c1-5-32-23(15-30-26(32)35-21-11-7-19(28)8-12-21)17(3)25(34)18(4)24-16-31-27(33(24)6-2)36-22-13-9-20(29)10-14-22/h7-18H,5-6H2,1-4H3. The maximum absolute atomic E-state index is 13.5. The van der Waals surface area contributed by atoms with Gasteiger partial charge < -0.3 is 9.47 Å². The number of aromatic nitrogens is 4. The van der Waals surface area contributed by atoms with E-state index in [9.17, 15) is 13.6 Å². The number of ketones is 1. The SMILES string of the molecule is CCn1c(C(C)C(=O)C(C)c2cnc(Oc3ccc(F)cc3)n2CC)cnc1Oc1ccc(F)cc1. The fourth-order valence-electron chi connectivity index (χ4n) is 4.11. The number of carbonyl (C=O) groups excluding carboxylic acids is 1. The zero-order valence-corrected chi connectivity index (χ0v) is 20.6.